The Kier molecular flexibility index (Phi) is 3.54. The van der Waals surface area contributed by atoms with Crippen molar-refractivity contribution in [3.63, 3.8) is 0 Å². The van der Waals surface area contributed by atoms with Gasteiger partial charge in [0.25, 0.3) is 0 Å². The Morgan fingerprint density at radius 2 is 2.56 bits per heavy atom. The number of carbonyl (C=O) groups excluding carboxylic acids is 1. The monoisotopic (exact) mass is 149 g/mol. The molecule has 0 unspecified atom stereocenters. The number of amides is 1. The van der Waals surface area contributed by atoms with Crippen LogP contribution in [0.15, 0.2) is 0 Å². The molecule has 0 saturated heterocycles. The minimum Gasteiger partial charge on any atom is -0.376 e. The number of hydrogen-bond donors (Lipinski definition) is 3. The largest absolute Gasteiger partial charge is 0.452 e. The second-order valence-corrected chi connectivity index (χ2v) is 1.08. The van der Waals surface area contributed by atoms with Crippen LogP contribution in [0.4, 0.5) is 4.79 Å². The molecular weight excluding hydrogens is 146 g/mol. The minimum absolute atomic E-state index is 0.146. The molecule has 7 heteroatoms. The highest BCUT2D eigenvalue weighted by molar-refractivity contribution is 7.75. The van der Waals surface area contributed by atoms with Gasteiger partial charge in [-0.15, -0.1) is 5.01 Å². The van der Waals surface area contributed by atoms with Crippen molar-refractivity contribution in [2.24, 2.45) is 0 Å². The zero-order valence-electron chi connectivity index (χ0n) is 4.11. The summed E-state index contributed by atoms with van der Waals surface area (Å²) in [6, 6.07) is 0. The molecule has 9 heavy (non-hydrogen) atoms. The molecule has 0 spiro atoms. The summed E-state index contributed by atoms with van der Waals surface area (Å²) >= 11 is 3.07. The first kappa shape index (κ1) is 8.03. The average molecular weight is 149 g/mol. The molecule has 1 amide bonds. The molecule has 0 atom stereocenters. The third-order valence-corrected chi connectivity index (χ3v) is 0.617. The third-order valence-electron chi connectivity index (χ3n) is 0.461. The maximum absolute atomic E-state index is 10.2. The fraction of sp³-hybridized carbons (Fsp3) is 0. The lowest BCUT2D eigenvalue weighted by Crippen LogP contribution is -2.35. The molecule has 0 aliphatic rings. The van der Waals surface area contributed by atoms with E-state index in [1.807, 2.05) is 0 Å². The second-order valence-electron chi connectivity index (χ2n) is 0.893. The standard InChI is InChI=1S/C2H3N3O3S/c3-1-5(4-7)2(6)8-9/h4,7,9H. The van der Waals surface area contributed by atoms with E-state index >= 15 is 0 Å². The molecule has 50 valence electrons. The van der Waals surface area contributed by atoms with Crippen LogP contribution < -0.4 is 5.59 Å². The van der Waals surface area contributed by atoms with Gasteiger partial charge in [0.1, 0.15) is 0 Å². The third kappa shape index (κ3) is 2.18. The van der Waals surface area contributed by atoms with E-state index in [9.17, 15) is 4.79 Å². The van der Waals surface area contributed by atoms with Gasteiger partial charge in [0.2, 0.25) is 6.19 Å². The van der Waals surface area contributed by atoms with E-state index in [0.717, 1.165) is 0 Å². The van der Waals surface area contributed by atoms with Crippen LogP contribution in [0.3, 0.4) is 0 Å². The predicted molar refractivity (Wildman–Crippen MR) is 27.8 cm³/mol. The van der Waals surface area contributed by atoms with Crippen molar-refractivity contribution in [2.75, 3.05) is 0 Å². The van der Waals surface area contributed by atoms with E-state index in [4.69, 9.17) is 10.5 Å². The lowest BCUT2D eigenvalue weighted by Gasteiger charge is -2.05. The van der Waals surface area contributed by atoms with Crippen LogP contribution in [-0.4, -0.2) is 16.3 Å². The van der Waals surface area contributed by atoms with Crippen LogP contribution in [0.1, 0.15) is 0 Å². The summed E-state index contributed by atoms with van der Waals surface area (Å²) in [5.41, 5.74) is 1.25. The van der Waals surface area contributed by atoms with Gasteiger partial charge < -0.3 is 4.18 Å². The van der Waals surface area contributed by atoms with Crippen LogP contribution in [0, 0.1) is 11.5 Å². The predicted octanol–water partition coefficient (Wildman–Crippen LogP) is -0.355. The summed E-state index contributed by atoms with van der Waals surface area (Å²) in [6.45, 7) is 0. The highest BCUT2D eigenvalue weighted by atomic mass is 32.1. The molecule has 0 aliphatic heterocycles. The van der Waals surface area contributed by atoms with Crippen LogP contribution in [0.2, 0.25) is 0 Å². The Balaban J connectivity index is 3.84. The summed E-state index contributed by atoms with van der Waals surface area (Å²) in [6.07, 6.45) is 0.143. The number of hydrogen-bond acceptors (Lipinski definition) is 6. The van der Waals surface area contributed by atoms with Crippen molar-refractivity contribution in [3.05, 3.63) is 0 Å². The molecule has 2 N–H and O–H groups in total. The number of thiol groups is 1. The Morgan fingerprint density at radius 1 is 2.00 bits per heavy atom. The number of carbonyl (C=O) groups is 1. The topological polar surface area (TPSA) is 85.6 Å². The highest BCUT2D eigenvalue weighted by Crippen LogP contribution is 1.87. The van der Waals surface area contributed by atoms with Crippen LogP contribution >= 0.6 is 12.9 Å². The Bertz CT molecular complexity index is 142. The van der Waals surface area contributed by atoms with Crippen LogP contribution in [-0.2, 0) is 4.18 Å². The smallest absolute Gasteiger partial charge is 0.376 e. The molecule has 0 saturated carbocycles. The quantitative estimate of drug-likeness (QED) is 0.156. The van der Waals surface area contributed by atoms with Gasteiger partial charge in [-0.25, -0.2) is 4.79 Å². The molecule has 0 aliphatic carbocycles. The number of hydrazine groups is 1. The zero-order valence-corrected chi connectivity index (χ0v) is 5.00. The summed E-state index contributed by atoms with van der Waals surface area (Å²) in [7, 11) is 0. The van der Waals surface area contributed by atoms with Gasteiger partial charge in [-0.3, -0.25) is 5.21 Å². The number of nitrogens with one attached hydrogen (secondary N) is 1. The van der Waals surface area contributed by atoms with E-state index in [1.165, 1.54) is 11.8 Å². The lowest BCUT2D eigenvalue weighted by molar-refractivity contribution is 0.0318. The molecule has 0 aromatic rings. The van der Waals surface area contributed by atoms with Crippen molar-refractivity contribution >= 4 is 19.0 Å². The number of nitriles is 1. The lowest BCUT2D eigenvalue weighted by atomic mass is 11.0. The van der Waals surface area contributed by atoms with Gasteiger partial charge in [0.05, 0.1) is 0 Å². The Labute approximate surface area is 56.2 Å². The summed E-state index contributed by atoms with van der Waals surface area (Å²) in [4.78, 5) is 10.2. The summed E-state index contributed by atoms with van der Waals surface area (Å²) in [5.74, 6) is 0. The number of nitrogens with zero attached hydrogens (tertiary/aromatic N) is 2. The van der Waals surface area contributed by atoms with E-state index in [-0.39, 0.29) is 5.01 Å². The maximum atomic E-state index is 10.2. The van der Waals surface area contributed by atoms with E-state index in [2.05, 4.69) is 17.1 Å². The molecule has 6 nitrogen and oxygen atoms in total. The highest BCUT2D eigenvalue weighted by Gasteiger charge is 2.10. The first-order valence-corrected chi connectivity index (χ1v) is 2.07. The molecule has 0 radical (unpaired) electrons. The Hall–Kier alpha value is -0.970. The first-order chi connectivity index (χ1) is 4.26. The molecular formula is C2H3N3O3S. The zero-order chi connectivity index (χ0) is 7.28. The van der Waals surface area contributed by atoms with Gasteiger partial charge in [-0.05, 0) is 0 Å². The van der Waals surface area contributed by atoms with Crippen LogP contribution in [0.25, 0.3) is 0 Å². The SMILES string of the molecule is N#CN(NO)C(=O)OS. The molecule has 0 bridgehead atoms. The van der Waals surface area contributed by atoms with Crippen molar-refractivity contribution in [3.8, 4) is 6.19 Å². The van der Waals surface area contributed by atoms with E-state index in [1.54, 1.807) is 0 Å². The van der Waals surface area contributed by atoms with Crippen molar-refractivity contribution in [1.29, 1.82) is 5.26 Å². The van der Waals surface area contributed by atoms with Crippen molar-refractivity contribution in [1.82, 2.24) is 10.6 Å². The van der Waals surface area contributed by atoms with E-state index in [0.29, 0.717) is 0 Å². The molecule has 0 aromatic carbocycles. The molecule has 0 heterocycles. The van der Waals surface area contributed by atoms with Crippen molar-refractivity contribution < 1.29 is 14.2 Å². The average Bonchev–Trinajstić information content (AvgIpc) is 1.90. The van der Waals surface area contributed by atoms with Gasteiger partial charge in [-0.2, -0.15) is 5.26 Å². The normalized spacial score (nSPS) is 7.67. The minimum atomic E-state index is -1.11. The van der Waals surface area contributed by atoms with Gasteiger partial charge >= 0.3 is 6.09 Å². The van der Waals surface area contributed by atoms with Gasteiger partial charge in [0, 0.05) is 12.9 Å². The molecule has 0 rings (SSSR count). The van der Waals surface area contributed by atoms with Gasteiger partial charge in [0.15, 0.2) is 0 Å². The number of rotatable bonds is 1. The summed E-state index contributed by atoms with van der Waals surface area (Å²) in [5, 5.41) is 16.0. The van der Waals surface area contributed by atoms with Crippen LogP contribution in [0.5, 0.6) is 0 Å². The second kappa shape index (κ2) is 3.96. The summed E-state index contributed by atoms with van der Waals surface area (Å²) < 4.78 is 3.73. The fourth-order valence-corrected chi connectivity index (χ4v) is 0.226. The molecule has 0 fully saturated rings. The molecule has 0 aromatic heterocycles. The fourth-order valence-electron chi connectivity index (χ4n) is 0.145. The van der Waals surface area contributed by atoms with Crippen molar-refractivity contribution in [2.45, 2.75) is 0 Å². The first-order valence-electron chi connectivity index (χ1n) is 1.71. The Morgan fingerprint density at radius 3 is 2.67 bits per heavy atom. The van der Waals surface area contributed by atoms with E-state index < -0.39 is 6.09 Å². The van der Waals surface area contributed by atoms with Gasteiger partial charge in [-0.1, -0.05) is 5.59 Å². The maximum Gasteiger partial charge on any atom is 0.452 e.